The lowest BCUT2D eigenvalue weighted by molar-refractivity contribution is 0.195. The van der Waals surface area contributed by atoms with Crippen molar-refractivity contribution in [3.8, 4) is 0 Å². The van der Waals surface area contributed by atoms with E-state index < -0.39 is 11.9 Å². The second-order valence-electron chi connectivity index (χ2n) is 3.73. The zero-order valence-electron chi connectivity index (χ0n) is 9.15. The van der Waals surface area contributed by atoms with Crippen LogP contribution in [0, 0.1) is 5.82 Å². The molecule has 1 aromatic heterocycles. The van der Waals surface area contributed by atoms with E-state index in [0.29, 0.717) is 17.7 Å². The Hall–Kier alpha value is -0.970. The van der Waals surface area contributed by atoms with Crippen LogP contribution in [0.2, 0.25) is 5.02 Å². The number of aromatic nitrogens is 1. The van der Waals surface area contributed by atoms with E-state index in [-0.39, 0.29) is 5.02 Å². The monoisotopic (exact) mass is 271 g/mol. The van der Waals surface area contributed by atoms with Crippen LogP contribution in [0.3, 0.4) is 0 Å². The van der Waals surface area contributed by atoms with E-state index in [4.69, 9.17) is 11.6 Å². The SMILES string of the molecule is CC(O)c1csc(Cc2cccc(Cl)c2F)n1. The Kier molecular flexibility index (Phi) is 3.76. The van der Waals surface area contributed by atoms with E-state index in [1.165, 1.54) is 17.4 Å². The Balaban J connectivity index is 2.22. The Morgan fingerprint density at radius 3 is 2.94 bits per heavy atom. The van der Waals surface area contributed by atoms with Crippen molar-refractivity contribution in [2.24, 2.45) is 0 Å². The van der Waals surface area contributed by atoms with Gasteiger partial charge in [-0.15, -0.1) is 11.3 Å². The third-order valence-corrected chi connectivity index (χ3v) is 3.53. The van der Waals surface area contributed by atoms with Gasteiger partial charge in [0.1, 0.15) is 5.82 Å². The largest absolute Gasteiger partial charge is 0.387 e. The van der Waals surface area contributed by atoms with Crippen molar-refractivity contribution >= 4 is 22.9 Å². The van der Waals surface area contributed by atoms with Gasteiger partial charge >= 0.3 is 0 Å². The summed E-state index contributed by atoms with van der Waals surface area (Å²) < 4.78 is 13.6. The molecule has 0 radical (unpaired) electrons. The molecule has 90 valence electrons. The molecule has 0 aliphatic carbocycles. The van der Waals surface area contributed by atoms with Crippen LogP contribution in [0.1, 0.15) is 29.3 Å². The highest BCUT2D eigenvalue weighted by molar-refractivity contribution is 7.09. The Bertz CT molecular complexity index is 527. The molecule has 17 heavy (non-hydrogen) atoms. The molecule has 0 spiro atoms. The number of aliphatic hydroxyl groups is 1. The van der Waals surface area contributed by atoms with Gasteiger partial charge in [-0.05, 0) is 18.6 Å². The first-order valence-corrected chi connectivity index (χ1v) is 6.39. The molecule has 1 N–H and O–H groups in total. The standard InChI is InChI=1S/C12H11ClFNOS/c1-7(16)10-6-17-11(15-10)5-8-3-2-4-9(13)12(8)14/h2-4,6-7,16H,5H2,1H3. The van der Waals surface area contributed by atoms with Crippen molar-refractivity contribution in [2.75, 3.05) is 0 Å². The van der Waals surface area contributed by atoms with Crippen LogP contribution in [0.4, 0.5) is 4.39 Å². The van der Waals surface area contributed by atoms with Crippen LogP contribution in [-0.2, 0) is 6.42 Å². The number of hydrogen-bond donors (Lipinski definition) is 1. The van der Waals surface area contributed by atoms with Crippen molar-refractivity contribution in [2.45, 2.75) is 19.4 Å². The molecule has 1 heterocycles. The van der Waals surface area contributed by atoms with E-state index >= 15 is 0 Å². The molecule has 2 rings (SSSR count). The topological polar surface area (TPSA) is 33.1 Å². The molecule has 2 aromatic rings. The fraction of sp³-hybridized carbons (Fsp3) is 0.250. The third kappa shape index (κ3) is 2.83. The summed E-state index contributed by atoms with van der Waals surface area (Å²) in [6.45, 7) is 1.65. The number of nitrogens with zero attached hydrogens (tertiary/aromatic N) is 1. The third-order valence-electron chi connectivity index (χ3n) is 2.37. The van der Waals surface area contributed by atoms with Crippen molar-refractivity contribution in [3.63, 3.8) is 0 Å². The molecule has 5 heteroatoms. The number of halogens is 2. The van der Waals surface area contributed by atoms with Crippen LogP contribution in [0.15, 0.2) is 23.6 Å². The first kappa shape index (κ1) is 12.5. The Morgan fingerprint density at radius 1 is 1.53 bits per heavy atom. The van der Waals surface area contributed by atoms with Crippen molar-refractivity contribution in [1.29, 1.82) is 0 Å². The smallest absolute Gasteiger partial charge is 0.145 e. The molecule has 1 atom stereocenters. The molecule has 0 aliphatic rings. The molecule has 0 aliphatic heterocycles. The Labute approximate surface area is 108 Å². The van der Waals surface area contributed by atoms with Crippen molar-refractivity contribution < 1.29 is 9.50 Å². The summed E-state index contributed by atoms with van der Waals surface area (Å²) in [5, 5.41) is 12.0. The average molecular weight is 272 g/mol. The maximum absolute atomic E-state index is 13.6. The summed E-state index contributed by atoms with van der Waals surface area (Å²) in [4.78, 5) is 4.23. The minimum atomic E-state index is -0.593. The summed E-state index contributed by atoms with van der Waals surface area (Å²) in [7, 11) is 0. The van der Waals surface area contributed by atoms with Gasteiger partial charge in [0.2, 0.25) is 0 Å². The summed E-state index contributed by atoms with van der Waals surface area (Å²) in [5.74, 6) is -0.400. The molecule has 0 bridgehead atoms. The van der Waals surface area contributed by atoms with Gasteiger partial charge in [0.05, 0.1) is 21.8 Å². The van der Waals surface area contributed by atoms with Gasteiger partial charge < -0.3 is 5.11 Å². The number of benzene rings is 1. The van der Waals surface area contributed by atoms with Gasteiger partial charge in [0.25, 0.3) is 0 Å². The highest BCUT2D eigenvalue weighted by Crippen LogP contribution is 2.23. The molecule has 0 saturated carbocycles. The minimum absolute atomic E-state index is 0.120. The van der Waals surface area contributed by atoms with Crippen LogP contribution >= 0.6 is 22.9 Å². The minimum Gasteiger partial charge on any atom is -0.387 e. The summed E-state index contributed by atoms with van der Waals surface area (Å²) >= 11 is 7.11. The predicted molar refractivity (Wildman–Crippen MR) is 67.0 cm³/mol. The highest BCUT2D eigenvalue weighted by Gasteiger charge is 2.11. The lowest BCUT2D eigenvalue weighted by atomic mass is 10.1. The maximum Gasteiger partial charge on any atom is 0.145 e. The maximum atomic E-state index is 13.6. The summed E-state index contributed by atoms with van der Waals surface area (Å²) in [5.41, 5.74) is 1.14. The van der Waals surface area contributed by atoms with Crippen LogP contribution in [0.25, 0.3) is 0 Å². The highest BCUT2D eigenvalue weighted by atomic mass is 35.5. The lowest BCUT2D eigenvalue weighted by Gasteiger charge is -2.02. The lowest BCUT2D eigenvalue weighted by Crippen LogP contribution is -1.95. The first-order chi connectivity index (χ1) is 8.08. The zero-order chi connectivity index (χ0) is 12.4. The van der Waals surface area contributed by atoms with Crippen LogP contribution in [-0.4, -0.2) is 10.1 Å². The van der Waals surface area contributed by atoms with E-state index in [2.05, 4.69) is 4.98 Å². The fourth-order valence-electron chi connectivity index (χ4n) is 1.45. The Morgan fingerprint density at radius 2 is 2.29 bits per heavy atom. The molecule has 2 nitrogen and oxygen atoms in total. The van der Waals surface area contributed by atoms with Gasteiger partial charge in [-0.25, -0.2) is 9.37 Å². The molecular formula is C12H11ClFNOS. The molecular weight excluding hydrogens is 261 g/mol. The van der Waals surface area contributed by atoms with Gasteiger partial charge in [-0.3, -0.25) is 0 Å². The second kappa shape index (κ2) is 5.12. The fourth-order valence-corrected chi connectivity index (χ4v) is 2.54. The van der Waals surface area contributed by atoms with Gasteiger partial charge in [-0.2, -0.15) is 0 Å². The van der Waals surface area contributed by atoms with Crippen LogP contribution < -0.4 is 0 Å². The molecule has 1 unspecified atom stereocenters. The second-order valence-corrected chi connectivity index (χ2v) is 5.08. The van der Waals surface area contributed by atoms with Crippen LogP contribution in [0.5, 0.6) is 0 Å². The van der Waals surface area contributed by atoms with Gasteiger partial charge in [0, 0.05) is 11.8 Å². The summed E-state index contributed by atoms with van der Waals surface area (Å²) in [6.07, 6.45) is -0.201. The summed E-state index contributed by atoms with van der Waals surface area (Å²) in [6, 6.07) is 4.91. The first-order valence-electron chi connectivity index (χ1n) is 5.13. The van der Waals surface area contributed by atoms with Crippen molar-refractivity contribution in [1.82, 2.24) is 4.98 Å². The predicted octanol–water partition coefficient (Wildman–Crippen LogP) is 3.58. The zero-order valence-corrected chi connectivity index (χ0v) is 10.7. The normalized spacial score (nSPS) is 12.7. The van der Waals surface area contributed by atoms with E-state index in [1.54, 1.807) is 24.4 Å². The number of thiazole rings is 1. The van der Waals surface area contributed by atoms with Gasteiger partial charge in [-0.1, -0.05) is 23.7 Å². The average Bonchev–Trinajstić information content (AvgIpc) is 2.73. The molecule has 0 saturated heterocycles. The van der Waals surface area contributed by atoms with Gasteiger partial charge in [0.15, 0.2) is 0 Å². The van der Waals surface area contributed by atoms with E-state index in [9.17, 15) is 9.50 Å². The molecule has 0 fully saturated rings. The number of hydrogen-bond acceptors (Lipinski definition) is 3. The van der Waals surface area contributed by atoms with E-state index in [1.807, 2.05) is 0 Å². The van der Waals surface area contributed by atoms with E-state index in [0.717, 1.165) is 5.01 Å². The molecule has 0 amide bonds. The quantitative estimate of drug-likeness (QED) is 0.926. The number of rotatable bonds is 3. The molecule has 1 aromatic carbocycles. The number of aliphatic hydroxyl groups excluding tert-OH is 1. The van der Waals surface area contributed by atoms with Crippen molar-refractivity contribution in [3.05, 3.63) is 50.7 Å².